The molecule has 1 aromatic heterocycles. The standard InChI is InChI=1S/C20H13F5N4O2/c21-12-3-1-11(2-4-12)10-28-18(30)16-17(27-8-7-26-16)19(31)29-13-5-6-15(22)14(9-13)20(23,24)25/h1-9H,10H2,(H,28,30)(H,29,31). The van der Waals surface area contributed by atoms with Crippen LogP contribution in [-0.2, 0) is 12.7 Å². The fourth-order valence-corrected chi connectivity index (χ4v) is 2.55. The smallest absolute Gasteiger partial charge is 0.347 e. The van der Waals surface area contributed by atoms with Crippen molar-refractivity contribution in [1.82, 2.24) is 15.3 Å². The molecular weight excluding hydrogens is 423 g/mol. The van der Waals surface area contributed by atoms with Gasteiger partial charge in [0.05, 0.1) is 5.56 Å². The van der Waals surface area contributed by atoms with E-state index < -0.39 is 40.9 Å². The van der Waals surface area contributed by atoms with Crippen molar-refractivity contribution in [2.45, 2.75) is 12.7 Å². The number of nitrogens with one attached hydrogen (secondary N) is 2. The van der Waals surface area contributed by atoms with E-state index in [0.717, 1.165) is 18.5 Å². The lowest BCUT2D eigenvalue weighted by molar-refractivity contribution is -0.139. The number of aromatic nitrogens is 2. The number of amides is 2. The van der Waals surface area contributed by atoms with Crippen LogP contribution in [0.3, 0.4) is 0 Å². The molecule has 0 aliphatic carbocycles. The number of carbonyl (C=O) groups is 2. The van der Waals surface area contributed by atoms with Crippen LogP contribution in [0.25, 0.3) is 0 Å². The Bertz CT molecular complexity index is 1120. The number of carbonyl (C=O) groups excluding carboxylic acids is 2. The molecule has 0 aliphatic rings. The summed E-state index contributed by atoms with van der Waals surface area (Å²) in [6.07, 6.45) is -2.68. The van der Waals surface area contributed by atoms with Crippen LogP contribution in [-0.4, -0.2) is 21.8 Å². The highest BCUT2D eigenvalue weighted by Crippen LogP contribution is 2.33. The molecule has 11 heteroatoms. The third-order valence-corrected chi connectivity index (χ3v) is 4.02. The first-order valence-corrected chi connectivity index (χ1v) is 8.67. The monoisotopic (exact) mass is 436 g/mol. The summed E-state index contributed by atoms with van der Waals surface area (Å²) in [5.74, 6) is -3.74. The molecule has 0 saturated carbocycles. The van der Waals surface area contributed by atoms with Crippen LogP contribution in [0.5, 0.6) is 0 Å². The summed E-state index contributed by atoms with van der Waals surface area (Å²) in [6.45, 7) is 0.00362. The minimum Gasteiger partial charge on any atom is -0.347 e. The summed E-state index contributed by atoms with van der Waals surface area (Å²) in [5.41, 5.74) is -2.14. The number of hydrogen-bond donors (Lipinski definition) is 2. The highest BCUT2D eigenvalue weighted by atomic mass is 19.4. The Labute approximate surface area is 172 Å². The van der Waals surface area contributed by atoms with Gasteiger partial charge in [-0.3, -0.25) is 9.59 Å². The van der Waals surface area contributed by atoms with Gasteiger partial charge in [-0.15, -0.1) is 0 Å². The van der Waals surface area contributed by atoms with Gasteiger partial charge in [-0.25, -0.2) is 18.7 Å². The Morgan fingerprint density at radius 1 is 0.871 bits per heavy atom. The molecule has 0 atom stereocenters. The number of halogens is 5. The molecule has 0 spiro atoms. The molecule has 6 nitrogen and oxygen atoms in total. The summed E-state index contributed by atoms with van der Waals surface area (Å²) in [4.78, 5) is 32.5. The molecule has 0 radical (unpaired) electrons. The van der Waals surface area contributed by atoms with Gasteiger partial charge in [0, 0.05) is 24.6 Å². The van der Waals surface area contributed by atoms with Gasteiger partial charge in [-0.2, -0.15) is 13.2 Å². The lowest BCUT2D eigenvalue weighted by atomic mass is 10.1. The van der Waals surface area contributed by atoms with Crippen LogP contribution >= 0.6 is 0 Å². The summed E-state index contributed by atoms with van der Waals surface area (Å²) in [7, 11) is 0. The molecule has 31 heavy (non-hydrogen) atoms. The van der Waals surface area contributed by atoms with E-state index in [0.29, 0.717) is 17.7 Å². The Morgan fingerprint density at radius 3 is 2.10 bits per heavy atom. The Morgan fingerprint density at radius 2 is 1.48 bits per heavy atom. The molecule has 0 saturated heterocycles. The molecule has 0 aliphatic heterocycles. The first-order chi connectivity index (χ1) is 14.6. The van der Waals surface area contributed by atoms with Gasteiger partial charge in [0.25, 0.3) is 11.8 Å². The predicted octanol–water partition coefficient (Wildman–Crippen LogP) is 3.96. The average molecular weight is 436 g/mol. The number of benzene rings is 2. The quantitative estimate of drug-likeness (QED) is 0.594. The second-order valence-corrected chi connectivity index (χ2v) is 6.21. The first kappa shape index (κ1) is 21.8. The number of anilines is 1. The van der Waals surface area contributed by atoms with Crippen LogP contribution in [0.4, 0.5) is 27.6 Å². The van der Waals surface area contributed by atoms with Gasteiger partial charge in [0.15, 0.2) is 11.4 Å². The fraction of sp³-hybridized carbons (Fsp3) is 0.100. The van der Waals surface area contributed by atoms with Crippen molar-refractivity contribution in [2.75, 3.05) is 5.32 Å². The highest BCUT2D eigenvalue weighted by molar-refractivity contribution is 6.09. The lowest BCUT2D eigenvalue weighted by Crippen LogP contribution is -2.28. The maximum atomic E-state index is 13.4. The Hall–Kier alpha value is -3.89. The molecule has 0 unspecified atom stereocenters. The summed E-state index contributed by atoms with van der Waals surface area (Å²) >= 11 is 0. The van der Waals surface area contributed by atoms with Gasteiger partial charge in [-0.05, 0) is 35.9 Å². The summed E-state index contributed by atoms with van der Waals surface area (Å²) in [5, 5.41) is 4.63. The Balaban J connectivity index is 1.77. The van der Waals surface area contributed by atoms with Gasteiger partial charge in [0.1, 0.15) is 11.6 Å². The maximum absolute atomic E-state index is 13.4. The number of hydrogen-bond acceptors (Lipinski definition) is 4. The minimum absolute atomic E-state index is 0.00362. The SMILES string of the molecule is O=C(NCc1ccc(F)cc1)c1nccnc1C(=O)Nc1ccc(F)c(C(F)(F)F)c1. The second kappa shape index (κ2) is 8.86. The van der Waals surface area contributed by atoms with Crippen molar-refractivity contribution >= 4 is 17.5 Å². The van der Waals surface area contributed by atoms with Gasteiger partial charge < -0.3 is 10.6 Å². The first-order valence-electron chi connectivity index (χ1n) is 8.67. The zero-order chi connectivity index (χ0) is 22.6. The third-order valence-electron chi connectivity index (χ3n) is 4.02. The molecule has 2 aromatic carbocycles. The van der Waals surface area contributed by atoms with Crippen LogP contribution in [0.1, 0.15) is 32.1 Å². The molecule has 3 rings (SSSR count). The molecule has 0 fully saturated rings. The zero-order valence-electron chi connectivity index (χ0n) is 15.5. The molecule has 1 heterocycles. The van der Waals surface area contributed by atoms with Crippen LogP contribution < -0.4 is 10.6 Å². The molecule has 3 aromatic rings. The molecule has 2 amide bonds. The van der Waals surface area contributed by atoms with Crippen molar-refractivity contribution in [3.05, 3.63) is 89.0 Å². The second-order valence-electron chi connectivity index (χ2n) is 6.21. The van der Waals surface area contributed by atoms with E-state index in [1.807, 2.05) is 0 Å². The minimum atomic E-state index is -4.96. The van der Waals surface area contributed by atoms with Crippen molar-refractivity contribution in [3.63, 3.8) is 0 Å². The van der Waals surface area contributed by atoms with Crippen molar-refractivity contribution in [1.29, 1.82) is 0 Å². The van der Waals surface area contributed by atoms with E-state index in [9.17, 15) is 31.5 Å². The maximum Gasteiger partial charge on any atom is 0.419 e. The predicted molar refractivity (Wildman–Crippen MR) is 99.0 cm³/mol. The van der Waals surface area contributed by atoms with Gasteiger partial charge in [0.2, 0.25) is 0 Å². The van der Waals surface area contributed by atoms with E-state index in [4.69, 9.17) is 0 Å². The molecular formula is C20H13F5N4O2. The van der Waals surface area contributed by atoms with E-state index >= 15 is 0 Å². The molecule has 2 N–H and O–H groups in total. The fourth-order valence-electron chi connectivity index (χ4n) is 2.55. The number of rotatable bonds is 5. The Kier molecular flexibility index (Phi) is 6.23. The van der Waals surface area contributed by atoms with Gasteiger partial charge in [-0.1, -0.05) is 12.1 Å². The van der Waals surface area contributed by atoms with Crippen LogP contribution in [0.15, 0.2) is 54.9 Å². The molecule has 160 valence electrons. The normalized spacial score (nSPS) is 11.1. The van der Waals surface area contributed by atoms with E-state index in [1.165, 1.54) is 24.3 Å². The number of nitrogens with zero attached hydrogens (tertiary/aromatic N) is 2. The summed E-state index contributed by atoms with van der Waals surface area (Å²) in [6, 6.07) is 7.25. The topological polar surface area (TPSA) is 84.0 Å². The third kappa shape index (κ3) is 5.38. The average Bonchev–Trinajstić information content (AvgIpc) is 2.73. The zero-order valence-corrected chi connectivity index (χ0v) is 15.5. The van der Waals surface area contributed by atoms with E-state index in [-0.39, 0.29) is 17.9 Å². The van der Waals surface area contributed by atoms with Crippen molar-refractivity contribution in [3.8, 4) is 0 Å². The van der Waals surface area contributed by atoms with E-state index in [2.05, 4.69) is 20.6 Å². The van der Waals surface area contributed by atoms with Crippen LogP contribution in [0, 0.1) is 11.6 Å². The largest absolute Gasteiger partial charge is 0.419 e. The summed E-state index contributed by atoms with van der Waals surface area (Å²) < 4.78 is 64.9. The highest BCUT2D eigenvalue weighted by Gasteiger charge is 2.34. The molecule has 0 bridgehead atoms. The van der Waals surface area contributed by atoms with Gasteiger partial charge >= 0.3 is 6.18 Å². The van der Waals surface area contributed by atoms with Crippen molar-refractivity contribution in [2.24, 2.45) is 0 Å². The van der Waals surface area contributed by atoms with Crippen LogP contribution in [0.2, 0.25) is 0 Å². The van der Waals surface area contributed by atoms with E-state index in [1.54, 1.807) is 0 Å². The van der Waals surface area contributed by atoms with Crippen molar-refractivity contribution < 1.29 is 31.5 Å². The lowest BCUT2D eigenvalue weighted by Gasteiger charge is -2.12. The number of alkyl halides is 3.